The number of aliphatic hydroxyl groups excluding tert-OH is 1. The highest BCUT2D eigenvalue weighted by atomic mass is 19.4. The molecule has 0 saturated carbocycles. The van der Waals surface area contributed by atoms with E-state index in [1.165, 1.54) is 6.42 Å². The molecule has 1 heterocycles. The molecule has 0 bridgehead atoms. The average Bonchev–Trinajstić information content (AvgIpc) is 3.05. The van der Waals surface area contributed by atoms with Gasteiger partial charge in [-0.1, -0.05) is 45.1 Å². The van der Waals surface area contributed by atoms with Crippen molar-refractivity contribution in [1.82, 2.24) is 5.32 Å². The minimum Gasteiger partial charge on any atom is -0.489 e. The zero-order valence-corrected chi connectivity index (χ0v) is 15.4. The van der Waals surface area contributed by atoms with Crippen LogP contribution in [0.25, 0.3) is 0 Å². The molecule has 3 nitrogen and oxygen atoms in total. The molecule has 1 aromatic carbocycles. The van der Waals surface area contributed by atoms with Gasteiger partial charge in [-0.3, -0.25) is 0 Å². The van der Waals surface area contributed by atoms with Gasteiger partial charge in [0.2, 0.25) is 0 Å². The summed E-state index contributed by atoms with van der Waals surface area (Å²) in [7, 11) is 0. The zero-order chi connectivity index (χ0) is 19.0. The first-order valence-electron chi connectivity index (χ1n) is 9.65. The number of hydrogen-bond donors (Lipinski definition) is 2. The highest BCUT2D eigenvalue weighted by molar-refractivity contribution is 5.38. The Morgan fingerprint density at radius 3 is 2.54 bits per heavy atom. The van der Waals surface area contributed by atoms with Gasteiger partial charge in [0, 0.05) is 19.0 Å². The van der Waals surface area contributed by atoms with Crippen molar-refractivity contribution < 1.29 is 23.0 Å². The van der Waals surface area contributed by atoms with E-state index in [0.29, 0.717) is 24.9 Å². The third-order valence-corrected chi connectivity index (χ3v) is 4.89. The lowest BCUT2D eigenvalue weighted by atomic mass is 9.99. The molecule has 6 heteroatoms. The Bertz CT molecular complexity index is 548. The number of aliphatic hydroxyl groups is 1. The van der Waals surface area contributed by atoms with Gasteiger partial charge in [0.1, 0.15) is 11.9 Å². The third-order valence-electron chi connectivity index (χ3n) is 4.89. The predicted octanol–water partition coefficient (Wildman–Crippen LogP) is 4.71. The second-order valence-electron chi connectivity index (χ2n) is 7.10. The van der Waals surface area contributed by atoms with E-state index in [-0.39, 0.29) is 24.5 Å². The molecule has 2 atom stereocenters. The van der Waals surface area contributed by atoms with Crippen LogP contribution in [0.3, 0.4) is 0 Å². The zero-order valence-electron chi connectivity index (χ0n) is 15.4. The minimum absolute atomic E-state index is 0.00482. The smallest absolute Gasteiger partial charge is 0.416 e. The van der Waals surface area contributed by atoms with Crippen LogP contribution in [0.5, 0.6) is 5.75 Å². The Morgan fingerprint density at radius 1 is 1.15 bits per heavy atom. The molecule has 0 spiro atoms. The van der Waals surface area contributed by atoms with E-state index in [9.17, 15) is 13.2 Å². The van der Waals surface area contributed by atoms with Crippen LogP contribution in [0.2, 0.25) is 0 Å². The molecule has 0 unspecified atom stereocenters. The van der Waals surface area contributed by atoms with Gasteiger partial charge >= 0.3 is 6.18 Å². The average molecular weight is 373 g/mol. The largest absolute Gasteiger partial charge is 0.489 e. The summed E-state index contributed by atoms with van der Waals surface area (Å²) in [5.41, 5.74) is -0.244. The van der Waals surface area contributed by atoms with E-state index in [0.717, 1.165) is 38.2 Å². The monoisotopic (exact) mass is 373 g/mol. The second kappa shape index (κ2) is 10.2. The van der Waals surface area contributed by atoms with E-state index in [1.807, 2.05) is 0 Å². The number of rotatable bonds is 10. The van der Waals surface area contributed by atoms with E-state index in [2.05, 4.69) is 12.2 Å². The first-order valence-corrected chi connectivity index (χ1v) is 9.65. The normalized spacial score (nSPS) is 20.5. The number of alkyl halides is 3. The quantitative estimate of drug-likeness (QED) is 0.584. The number of benzene rings is 1. The Labute approximate surface area is 153 Å². The lowest BCUT2D eigenvalue weighted by Crippen LogP contribution is -2.25. The van der Waals surface area contributed by atoms with Crippen molar-refractivity contribution in [1.29, 1.82) is 0 Å². The summed E-state index contributed by atoms with van der Waals surface area (Å²) in [6.45, 7) is 2.68. The summed E-state index contributed by atoms with van der Waals surface area (Å²) in [5, 5.41) is 12.2. The molecule has 2 N–H and O–H groups in total. The van der Waals surface area contributed by atoms with E-state index in [1.54, 1.807) is 12.1 Å². The summed E-state index contributed by atoms with van der Waals surface area (Å²) in [4.78, 5) is 0. The molecule has 26 heavy (non-hydrogen) atoms. The number of hydrogen-bond acceptors (Lipinski definition) is 3. The number of aryl methyl sites for hydroxylation is 1. The van der Waals surface area contributed by atoms with Crippen molar-refractivity contribution in [3.8, 4) is 5.75 Å². The highest BCUT2D eigenvalue weighted by Gasteiger charge is 2.34. The third kappa shape index (κ3) is 6.47. The van der Waals surface area contributed by atoms with E-state index in [4.69, 9.17) is 9.84 Å². The Kier molecular flexibility index (Phi) is 8.22. The molecule has 0 amide bonds. The van der Waals surface area contributed by atoms with Crippen molar-refractivity contribution >= 4 is 0 Å². The number of unbranched alkanes of at least 4 members (excludes halogenated alkanes) is 5. The Hall–Kier alpha value is -1.27. The van der Waals surface area contributed by atoms with Crippen LogP contribution in [-0.4, -0.2) is 30.4 Å². The molecule has 1 aliphatic rings. The fourth-order valence-electron chi connectivity index (χ4n) is 3.41. The van der Waals surface area contributed by atoms with Crippen molar-refractivity contribution in [2.24, 2.45) is 0 Å². The minimum atomic E-state index is -4.38. The van der Waals surface area contributed by atoms with Crippen LogP contribution < -0.4 is 10.1 Å². The molecule has 0 aromatic heterocycles. The molecule has 0 radical (unpaired) electrons. The van der Waals surface area contributed by atoms with E-state index >= 15 is 0 Å². The molecule has 1 saturated heterocycles. The standard InChI is InChI=1S/C20H30F3NO2/c1-2-3-4-5-6-7-8-15-9-10-17(12-19(15)20(21,22)23)26-18-11-16(14-25)24-13-18/h9-10,12,16,18,24-25H,2-8,11,13-14H2,1H3/t16-,18-/m0/s1. The van der Waals surface area contributed by atoms with Gasteiger partial charge in [-0.15, -0.1) is 0 Å². The van der Waals surface area contributed by atoms with Crippen LogP contribution in [0.4, 0.5) is 13.2 Å². The SMILES string of the molecule is CCCCCCCCc1ccc(O[C@@H]2CN[C@H](CO)C2)cc1C(F)(F)F. The second-order valence-corrected chi connectivity index (χ2v) is 7.10. The maximum absolute atomic E-state index is 13.4. The lowest BCUT2D eigenvalue weighted by Gasteiger charge is -2.17. The summed E-state index contributed by atoms with van der Waals surface area (Å²) >= 11 is 0. The van der Waals surface area contributed by atoms with Crippen LogP contribution in [0.15, 0.2) is 18.2 Å². The first kappa shape index (κ1) is 21.0. The van der Waals surface area contributed by atoms with Gasteiger partial charge in [0.25, 0.3) is 0 Å². The molecular weight excluding hydrogens is 343 g/mol. The molecule has 148 valence electrons. The van der Waals surface area contributed by atoms with Gasteiger partial charge < -0.3 is 15.2 Å². The fraction of sp³-hybridized carbons (Fsp3) is 0.700. The molecule has 0 aliphatic carbocycles. The molecule has 1 fully saturated rings. The molecular formula is C20H30F3NO2. The predicted molar refractivity (Wildman–Crippen MR) is 96.4 cm³/mol. The topological polar surface area (TPSA) is 41.5 Å². The number of halogens is 3. The summed E-state index contributed by atoms with van der Waals surface area (Å²) in [6.07, 6.45) is 2.77. The molecule has 2 rings (SSSR count). The number of nitrogens with one attached hydrogen (secondary N) is 1. The van der Waals surface area contributed by atoms with Gasteiger partial charge in [0.05, 0.1) is 12.2 Å². The van der Waals surface area contributed by atoms with Crippen LogP contribution in [0, 0.1) is 0 Å². The van der Waals surface area contributed by atoms with Gasteiger partial charge in [-0.2, -0.15) is 13.2 Å². The fourth-order valence-corrected chi connectivity index (χ4v) is 3.41. The van der Waals surface area contributed by atoms with Crippen molar-refractivity contribution in [2.45, 2.75) is 76.6 Å². The highest BCUT2D eigenvalue weighted by Crippen LogP contribution is 2.35. The Balaban J connectivity index is 1.96. The lowest BCUT2D eigenvalue weighted by molar-refractivity contribution is -0.138. The van der Waals surface area contributed by atoms with E-state index < -0.39 is 11.7 Å². The van der Waals surface area contributed by atoms with Crippen LogP contribution in [0.1, 0.15) is 63.0 Å². The van der Waals surface area contributed by atoms with Gasteiger partial charge in [0.15, 0.2) is 0 Å². The summed E-state index contributed by atoms with van der Waals surface area (Å²) in [6, 6.07) is 4.26. The van der Waals surface area contributed by atoms with Crippen LogP contribution >= 0.6 is 0 Å². The molecule has 1 aromatic rings. The van der Waals surface area contributed by atoms with Crippen LogP contribution in [-0.2, 0) is 12.6 Å². The summed E-state index contributed by atoms with van der Waals surface area (Å²) < 4.78 is 46.0. The van der Waals surface area contributed by atoms with Crippen molar-refractivity contribution in [2.75, 3.05) is 13.2 Å². The summed E-state index contributed by atoms with van der Waals surface area (Å²) in [5.74, 6) is 0.245. The molecule has 1 aliphatic heterocycles. The maximum atomic E-state index is 13.4. The van der Waals surface area contributed by atoms with Crippen molar-refractivity contribution in [3.63, 3.8) is 0 Å². The first-order chi connectivity index (χ1) is 12.4. The Morgan fingerprint density at radius 2 is 1.88 bits per heavy atom. The van der Waals surface area contributed by atoms with Gasteiger partial charge in [-0.05, 0) is 30.5 Å². The van der Waals surface area contributed by atoms with Gasteiger partial charge in [-0.25, -0.2) is 0 Å². The maximum Gasteiger partial charge on any atom is 0.416 e. The van der Waals surface area contributed by atoms with Crippen molar-refractivity contribution in [3.05, 3.63) is 29.3 Å². The number of ether oxygens (including phenoxy) is 1.